The monoisotopic (exact) mass is 522 g/mol. The first-order chi connectivity index (χ1) is 18.5. The summed E-state index contributed by atoms with van der Waals surface area (Å²) in [7, 11) is 0. The van der Waals surface area contributed by atoms with Crippen LogP contribution >= 0.6 is 0 Å². The van der Waals surface area contributed by atoms with Gasteiger partial charge in [-0.15, -0.1) is 0 Å². The first kappa shape index (κ1) is 29.2. The van der Waals surface area contributed by atoms with Gasteiger partial charge < -0.3 is 14.2 Å². The summed E-state index contributed by atoms with van der Waals surface area (Å²) < 4.78 is 30.7. The van der Waals surface area contributed by atoms with Gasteiger partial charge in [0.05, 0.1) is 24.3 Å². The Morgan fingerprint density at radius 3 is 2.03 bits per heavy atom. The Labute approximate surface area is 225 Å². The summed E-state index contributed by atoms with van der Waals surface area (Å²) in [6, 6.07) is 14.5. The summed E-state index contributed by atoms with van der Waals surface area (Å²) in [4.78, 5) is 25.0. The van der Waals surface area contributed by atoms with Gasteiger partial charge in [0.15, 0.2) is 11.6 Å². The Bertz CT molecular complexity index is 1190. The van der Waals surface area contributed by atoms with Crippen molar-refractivity contribution in [3.63, 3.8) is 0 Å². The Morgan fingerprint density at radius 2 is 1.26 bits per heavy atom. The third-order valence-corrected chi connectivity index (χ3v) is 6.41. The van der Waals surface area contributed by atoms with E-state index in [9.17, 15) is 14.0 Å². The second kappa shape index (κ2) is 15.8. The van der Waals surface area contributed by atoms with E-state index in [0.29, 0.717) is 24.5 Å². The highest BCUT2D eigenvalue weighted by Crippen LogP contribution is 2.25. The maximum absolute atomic E-state index is 14.4. The number of hydrogen-bond donors (Lipinski definition) is 0. The van der Waals surface area contributed by atoms with Gasteiger partial charge in [-0.1, -0.05) is 77.3 Å². The van der Waals surface area contributed by atoms with Crippen molar-refractivity contribution < 1.29 is 28.2 Å². The highest BCUT2D eigenvalue weighted by molar-refractivity contribution is 5.96. The normalized spacial score (nSPS) is 10.9. The number of benzene rings is 3. The van der Waals surface area contributed by atoms with E-state index in [0.717, 1.165) is 48.9 Å². The summed E-state index contributed by atoms with van der Waals surface area (Å²) in [5.41, 5.74) is 0.584. The standard InChI is InChI=1S/C32H39FO5/c1-3-5-7-8-9-10-12-20-37-31(34)26-14-13-25-22-28(17-15-24(25)21-26)38-32(35)27-16-18-30(29(33)23-27)36-19-11-6-4-2/h13-18,21-23H,3-12,19-20H2,1-2H3. The van der Waals surface area contributed by atoms with Crippen LogP contribution in [-0.4, -0.2) is 25.2 Å². The second-order valence-electron chi connectivity index (χ2n) is 9.57. The van der Waals surface area contributed by atoms with Crippen molar-refractivity contribution in [1.29, 1.82) is 0 Å². The quantitative estimate of drug-likeness (QED) is 0.107. The SMILES string of the molecule is CCCCCCCCCOC(=O)c1ccc2cc(OC(=O)c3ccc(OCCCCC)c(F)c3)ccc2c1. The number of fused-ring (bicyclic) bond motifs is 1. The van der Waals surface area contributed by atoms with Crippen LogP contribution < -0.4 is 9.47 Å². The van der Waals surface area contributed by atoms with E-state index in [1.54, 1.807) is 36.4 Å². The molecule has 0 spiro atoms. The van der Waals surface area contributed by atoms with Crippen LogP contribution in [0, 0.1) is 5.82 Å². The van der Waals surface area contributed by atoms with Gasteiger partial charge in [0.25, 0.3) is 0 Å². The molecular weight excluding hydrogens is 483 g/mol. The van der Waals surface area contributed by atoms with Crippen molar-refractivity contribution in [2.75, 3.05) is 13.2 Å². The number of rotatable bonds is 16. The minimum atomic E-state index is -0.661. The van der Waals surface area contributed by atoms with E-state index in [1.165, 1.54) is 44.2 Å². The van der Waals surface area contributed by atoms with Crippen molar-refractivity contribution in [3.05, 3.63) is 71.5 Å². The fraction of sp³-hybridized carbons (Fsp3) is 0.438. The molecule has 0 unspecified atom stereocenters. The predicted octanol–water partition coefficient (Wildman–Crippen LogP) is 8.67. The Hall–Kier alpha value is -3.41. The molecule has 38 heavy (non-hydrogen) atoms. The second-order valence-corrected chi connectivity index (χ2v) is 9.57. The first-order valence-corrected chi connectivity index (χ1v) is 13.9. The first-order valence-electron chi connectivity index (χ1n) is 13.9. The molecule has 0 heterocycles. The van der Waals surface area contributed by atoms with Gasteiger partial charge in [0, 0.05) is 0 Å². The highest BCUT2D eigenvalue weighted by Gasteiger charge is 2.14. The minimum Gasteiger partial charge on any atom is -0.491 e. The Kier molecular flexibility index (Phi) is 12.1. The fourth-order valence-electron chi connectivity index (χ4n) is 4.17. The molecule has 3 rings (SSSR count). The zero-order valence-corrected chi connectivity index (χ0v) is 22.6. The highest BCUT2D eigenvalue weighted by atomic mass is 19.1. The number of esters is 2. The lowest BCUT2D eigenvalue weighted by Gasteiger charge is -2.10. The number of hydrogen-bond acceptors (Lipinski definition) is 5. The summed E-state index contributed by atoms with van der Waals surface area (Å²) in [6.07, 6.45) is 11.1. The molecule has 3 aromatic carbocycles. The molecule has 0 aliphatic heterocycles. The van der Waals surface area contributed by atoms with E-state index in [4.69, 9.17) is 14.2 Å². The van der Waals surface area contributed by atoms with E-state index in [-0.39, 0.29) is 17.3 Å². The van der Waals surface area contributed by atoms with Crippen molar-refractivity contribution in [3.8, 4) is 11.5 Å². The lowest BCUT2D eigenvalue weighted by molar-refractivity contribution is 0.0497. The third-order valence-electron chi connectivity index (χ3n) is 6.41. The van der Waals surface area contributed by atoms with Crippen molar-refractivity contribution >= 4 is 22.7 Å². The Balaban J connectivity index is 1.51. The predicted molar refractivity (Wildman–Crippen MR) is 149 cm³/mol. The summed E-state index contributed by atoms with van der Waals surface area (Å²) in [6.45, 7) is 5.15. The van der Waals surface area contributed by atoms with Crippen LogP contribution in [0.2, 0.25) is 0 Å². The van der Waals surface area contributed by atoms with Gasteiger partial charge in [-0.05, 0) is 66.1 Å². The number of carbonyl (C=O) groups excluding carboxylic acids is 2. The number of carbonyl (C=O) groups is 2. The maximum atomic E-state index is 14.4. The van der Waals surface area contributed by atoms with E-state index >= 15 is 0 Å². The molecular formula is C32H39FO5. The molecule has 5 nitrogen and oxygen atoms in total. The molecule has 6 heteroatoms. The van der Waals surface area contributed by atoms with Crippen molar-refractivity contribution in [1.82, 2.24) is 0 Å². The molecule has 3 aromatic rings. The number of halogens is 1. The molecule has 204 valence electrons. The molecule has 0 saturated carbocycles. The number of ether oxygens (including phenoxy) is 3. The summed E-state index contributed by atoms with van der Waals surface area (Å²) >= 11 is 0. The van der Waals surface area contributed by atoms with Crippen LogP contribution in [0.3, 0.4) is 0 Å². The topological polar surface area (TPSA) is 61.8 Å². The molecule has 0 aromatic heterocycles. The van der Waals surface area contributed by atoms with Crippen LogP contribution in [0.4, 0.5) is 4.39 Å². The maximum Gasteiger partial charge on any atom is 0.343 e. The van der Waals surface area contributed by atoms with Crippen LogP contribution in [0.1, 0.15) is 98.8 Å². The molecule has 0 amide bonds. The van der Waals surface area contributed by atoms with Gasteiger partial charge in [-0.25, -0.2) is 14.0 Å². The van der Waals surface area contributed by atoms with E-state index < -0.39 is 11.8 Å². The van der Waals surface area contributed by atoms with Crippen LogP contribution in [-0.2, 0) is 4.74 Å². The van der Waals surface area contributed by atoms with Crippen LogP contribution in [0.15, 0.2) is 54.6 Å². The van der Waals surface area contributed by atoms with Crippen molar-refractivity contribution in [2.24, 2.45) is 0 Å². The largest absolute Gasteiger partial charge is 0.491 e. The molecule has 0 radical (unpaired) electrons. The van der Waals surface area contributed by atoms with Gasteiger partial charge in [0.1, 0.15) is 5.75 Å². The van der Waals surface area contributed by atoms with Gasteiger partial charge in [-0.3, -0.25) is 0 Å². The summed E-state index contributed by atoms with van der Waals surface area (Å²) in [5, 5.41) is 1.63. The molecule has 0 saturated heterocycles. The fourth-order valence-corrected chi connectivity index (χ4v) is 4.17. The zero-order valence-electron chi connectivity index (χ0n) is 22.6. The molecule has 0 aliphatic rings. The van der Waals surface area contributed by atoms with Crippen LogP contribution in [0.25, 0.3) is 10.8 Å². The number of unbranched alkanes of at least 4 members (excludes halogenated alkanes) is 8. The average molecular weight is 523 g/mol. The van der Waals surface area contributed by atoms with E-state index in [2.05, 4.69) is 13.8 Å². The molecule has 0 atom stereocenters. The molecule has 0 aliphatic carbocycles. The van der Waals surface area contributed by atoms with Crippen LogP contribution in [0.5, 0.6) is 11.5 Å². The molecule has 0 bridgehead atoms. The molecule has 0 fully saturated rings. The minimum absolute atomic E-state index is 0.0996. The Morgan fingerprint density at radius 1 is 0.658 bits per heavy atom. The lowest BCUT2D eigenvalue weighted by atomic mass is 10.1. The van der Waals surface area contributed by atoms with Crippen molar-refractivity contribution in [2.45, 2.75) is 78.1 Å². The van der Waals surface area contributed by atoms with Gasteiger partial charge in [-0.2, -0.15) is 0 Å². The molecule has 0 N–H and O–H groups in total. The lowest BCUT2D eigenvalue weighted by Crippen LogP contribution is -2.09. The van der Waals surface area contributed by atoms with E-state index in [1.807, 2.05) is 0 Å². The third kappa shape index (κ3) is 9.16. The average Bonchev–Trinajstić information content (AvgIpc) is 2.92. The zero-order chi connectivity index (χ0) is 27.2. The van der Waals surface area contributed by atoms with Gasteiger partial charge >= 0.3 is 11.9 Å². The van der Waals surface area contributed by atoms with Gasteiger partial charge in [0.2, 0.25) is 0 Å². The summed E-state index contributed by atoms with van der Waals surface area (Å²) in [5.74, 6) is -1.14. The smallest absolute Gasteiger partial charge is 0.343 e.